The van der Waals surface area contributed by atoms with E-state index in [1.165, 1.54) is 24.0 Å². The molecule has 2 rings (SSSR count). The minimum Gasteiger partial charge on any atom is -0.354 e. The standard InChI is InChI=1S/C14H20N2O/c1-10(14(17)16-8-7-15)12-6-5-11-3-2-4-13(11)9-12/h5-6,9-10H,2-4,7-8,15H2,1H3,(H,16,17). The maximum absolute atomic E-state index is 11.8. The molecule has 0 saturated heterocycles. The number of aryl methyl sites for hydroxylation is 2. The molecule has 0 bridgehead atoms. The molecule has 0 fully saturated rings. The second-order valence-electron chi connectivity index (χ2n) is 4.68. The van der Waals surface area contributed by atoms with Gasteiger partial charge in [0.25, 0.3) is 0 Å². The lowest BCUT2D eigenvalue weighted by Crippen LogP contribution is -2.32. The Morgan fingerprint density at radius 2 is 2.18 bits per heavy atom. The SMILES string of the molecule is CC(C(=O)NCCN)c1ccc2c(c1)CCC2. The smallest absolute Gasteiger partial charge is 0.227 e. The lowest BCUT2D eigenvalue weighted by Gasteiger charge is -2.13. The number of rotatable bonds is 4. The summed E-state index contributed by atoms with van der Waals surface area (Å²) >= 11 is 0. The lowest BCUT2D eigenvalue weighted by atomic mass is 9.96. The number of fused-ring (bicyclic) bond motifs is 1. The average molecular weight is 232 g/mol. The van der Waals surface area contributed by atoms with E-state index in [1.54, 1.807) is 0 Å². The molecule has 3 nitrogen and oxygen atoms in total. The van der Waals surface area contributed by atoms with Crippen LogP contribution in [0.1, 0.15) is 36.0 Å². The number of hydrogen-bond acceptors (Lipinski definition) is 2. The highest BCUT2D eigenvalue weighted by Crippen LogP contribution is 2.26. The van der Waals surface area contributed by atoms with E-state index in [0.717, 1.165) is 12.0 Å². The Hall–Kier alpha value is -1.35. The fourth-order valence-electron chi connectivity index (χ4n) is 2.36. The molecule has 1 aromatic rings. The fourth-order valence-corrected chi connectivity index (χ4v) is 2.36. The van der Waals surface area contributed by atoms with Gasteiger partial charge in [0.15, 0.2) is 0 Å². The first-order chi connectivity index (χ1) is 8.22. The van der Waals surface area contributed by atoms with Crippen LogP contribution in [0.2, 0.25) is 0 Å². The Labute approximate surface area is 102 Å². The van der Waals surface area contributed by atoms with Crippen molar-refractivity contribution < 1.29 is 4.79 Å². The van der Waals surface area contributed by atoms with E-state index >= 15 is 0 Å². The average Bonchev–Trinajstić information content (AvgIpc) is 2.81. The Morgan fingerprint density at radius 1 is 1.41 bits per heavy atom. The molecule has 0 radical (unpaired) electrons. The van der Waals surface area contributed by atoms with Gasteiger partial charge in [-0.15, -0.1) is 0 Å². The molecule has 0 aliphatic heterocycles. The predicted molar refractivity (Wildman–Crippen MR) is 68.9 cm³/mol. The summed E-state index contributed by atoms with van der Waals surface area (Å²) in [6.07, 6.45) is 3.58. The number of nitrogens with one attached hydrogen (secondary N) is 1. The molecule has 0 spiro atoms. The Balaban J connectivity index is 2.09. The van der Waals surface area contributed by atoms with Crippen molar-refractivity contribution in [2.75, 3.05) is 13.1 Å². The summed E-state index contributed by atoms with van der Waals surface area (Å²) < 4.78 is 0. The summed E-state index contributed by atoms with van der Waals surface area (Å²) in [4.78, 5) is 11.8. The summed E-state index contributed by atoms with van der Waals surface area (Å²) in [5.74, 6) is -0.0270. The van der Waals surface area contributed by atoms with Gasteiger partial charge in [-0.1, -0.05) is 18.2 Å². The quantitative estimate of drug-likeness (QED) is 0.823. The first kappa shape index (κ1) is 12.1. The number of carbonyl (C=O) groups excluding carboxylic acids is 1. The number of amides is 1. The molecule has 1 unspecified atom stereocenters. The van der Waals surface area contributed by atoms with Gasteiger partial charge in [-0.25, -0.2) is 0 Å². The zero-order valence-electron chi connectivity index (χ0n) is 10.3. The fraction of sp³-hybridized carbons (Fsp3) is 0.500. The van der Waals surface area contributed by atoms with Gasteiger partial charge in [0.1, 0.15) is 0 Å². The molecule has 1 aliphatic rings. The van der Waals surface area contributed by atoms with E-state index in [9.17, 15) is 4.79 Å². The van der Waals surface area contributed by atoms with Crippen LogP contribution in [0.5, 0.6) is 0 Å². The van der Waals surface area contributed by atoms with Crippen LogP contribution in [-0.4, -0.2) is 19.0 Å². The van der Waals surface area contributed by atoms with Crippen LogP contribution in [-0.2, 0) is 17.6 Å². The molecular formula is C14H20N2O. The number of hydrogen-bond donors (Lipinski definition) is 2. The highest BCUT2D eigenvalue weighted by Gasteiger charge is 2.17. The van der Waals surface area contributed by atoms with Gasteiger partial charge < -0.3 is 11.1 Å². The molecule has 3 N–H and O–H groups in total. The van der Waals surface area contributed by atoms with Gasteiger partial charge in [0, 0.05) is 13.1 Å². The van der Waals surface area contributed by atoms with Crippen molar-refractivity contribution >= 4 is 5.91 Å². The topological polar surface area (TPSA) is 55.1 Å². The maximum Gasteiger partial charge on any atom is 0.227 e. The van der Waals surface area contributed by atoms with Gasteiger partial charge in [-0.2, -0.15) is 0 Å². The van der Waals surface area contributed by atoms with E-state index < -0.39 is 0 Å². The third-order valence-corrected chi connectivity index (χ3v) is 3.46. The van der Waals surface area contributed by atoms with Crippen molar-refractivity contribution in [3.05, 3.63) is 34.9 Å². The Bertz CT molecular complexity index is 415. The van der Waals surface area contributed by atoms with Crippen molar-refractivity contribution in [2.24, 2.45) is 5.73 Å². The highest BCUT2D eigenvalue weighted by molar-refractivity contribution is 5.83. The lowest BCUT2D eigenvalue weighted by molar-refractivity contribution is -0.122. The van der Waals surface area contributed by atoms with E-state index in [1.807, 2.05) is 6.92 Å². The molecule has 92 valence electrons. The summed E-state index contributed by atoms with van der Waals surface area (Å²) in [5.41, 5.74) is 9.35. The molecule has 0 heterocycles. The van der Waals surface area contributed by atoms with Crippen molar-refractivity contribution in [1.29, 1.82) is 0 Å². The number of benzene rings is 1. The van der Waals surface area contributed by atoms with Crippen molar-refractivity contribution in [2.45, 2.75) is 32.1 Å². The van der Waals surface area contributed by atoms with Gasteiger partial charge in [0.05, 0.1) is 5.92 Å². The molecule has 1 amide bonds. The van der Waals surface area contributed by atoms with Crippen LogP contribution >= 0.6 is 0 Å². The molecule has 1 aromatic carbocycles. The zero-order chi connectivity index (χ0) is 12.3. The van der Waals surface area contributed by atoms with Gasteiger partial charge in [-0.05, 0) is 42.9 Å². The highest BCUT2D eigenvalue weighted by atomic mass is 16.1. The van der Waals surface area contributed by atoms with Crippen molar-refractivity contribution in [3.63, 3.8) is 0 Å². The number of carbonyl (C=O) groups is 1. The normalized spacial score (nSPS) is 15.4. The van der Waals surface area contributed by atoms with Crippen LogP contribution in [0.25, 0.3) is 0 Å². The van der Waals surface area contributed by atoms with Crippen molar-refractivity contribution in [1.82, 2.24) is 5.32 Å². The molecule has 1 aliphatic carbocycles. The van der Waals surface area contributed by atoms with Crippen LogP contribution in [0, 0.1) is 0 Å². The van der Waals surface area contributed by atoms with Crippen LogP contribution in [0.3, 0.4) is 0 Å². The molecule has 0 saturated carbocycles. The maximum atomic E-state index is 11.8. The van der Waals surface area contributed by atoms with Crippen LogP contribution in [0.4, 0.5) is 0 Å². The molecule has 3 heteroatoms. The second kappa shape index (κ2) is 5.32. The molecule has 0 aromatic heterocycles. The minimum absolute atomic E-state index is 0.0633. The minimum atomic E-state index is -0.0903. The predicted octanol–water partition coefficient (Wildman–Crippen LogP) is 1.35. The molecule has 1 atom stereocenters. The van der Waals surface area contributed by atoms with Gasteiger partial charge in [-0.3, -0.25) is 4.79 Å². The summed E-state index contributed by atoms with van der Waals surface area (Å²) in [7, 11) is 0. The van der Waals surface area contributed by atoms with Gasteiger partial charge in [0.2, 0.25) is 5.91 Å². The second-order valence-corrected chi connectivity index (χ2v) is 4.68. The summed E-state index contributed by atoms with van der Waals surface area (Å²) in [6, 6.07) is 6.44. The first-order valence-electron chi connectivity index (χ1n) is 6.32. The number of nitrogens with two attached hydrogens (primary N) is 1. The largest absolute Gasteiger partial charge is 0.354 e. The van der Waals surface area contributed by atoms with E-state index in [0.29, 0.717) is 13.1 Å². The van der Waals surface area contributed by atoms with Crippen molar-refractivity contribution in [3.8, 4) is 0 Å². The first-order valence-corrected chi connectivity index (χ1v) is 6.32. The van der Waals surface area contributed by atoms with Crippen LogP contribution in [0.15, 0.2) is 18.2 Å². The van der Waals surface area contributed by atoms with Gasteiger partial charge >= 0.3 is 0 Å². The third-order valence-electron chi connectivity index (χ3n) is 3.46. The monoisotopic (exact) mass is 232 g/mol. The summed E-state index contributed by atoms with van der Waals surface area (Å²) in [5, 5.41) is 2.83. The zero-order valence-corrected chi connectivity index (χ0v) is 10.3. The summed E-state index contributed by atoms with van der Waals surface area (Å²) in [6.45, 7) is 2.99. The van der Waals surface area contributed by atoms with E-state index in [4.69, 9.17) is 5.73 Å². The Kier molecular flexibility index (Phi) is 3.79. The molecule has 17 heavy (non-hydrogen) atoms. The third kappa shape index (κ3) is 2.67. The Morgan fingerprint density at radius 3 is 2.94 bits per heavy atom. The van der Waals surface area contributed by atoms with E-state index in [-0.39, 0.29) is 11.8 Å². The molecular weight excluding hydrogens is 212 g/mol. The van der Waals surface area contributed by atoms with E-state index in [2.05, 4.69) is 23.5 Å². The van der Waals surface area contributed by atoms with Crippen LogP contribution < -0.4 is 11.1 Å².